The van der Waals surface area contributed by atoms with Gasteiger partial charge in [0.05, 0.1) is 12.1 Å². The second kappa shape index (κ2) is 6.53. The molecule has 0 atom stereocenters. The van der Waals surface area contributed by atoms with Crippen molar-refractivity contribution in [3.05, 3.63) is 23.8 Å². The van der Waals surface area contributed by atoms with Gasteiger partial charge in [0.25, 0.3) is 12.3 Å². The first kappa shape index (κ1) is 14.7. The summed E-state index contributed by atoms with van der Waals surface area (Å²) >= 11 is 3.06. The molecule has 0 spiro atoms. The first-order chi connectivity index (χ1) is 8.45. The average Bonchev–Trinajstić information content (AvgIpc) is 2.30. The largest absolute Gasteiger partial charge is 0.508 e. The molecule has 0 aromatic heterocycles. The minimum Gasteiger partial charge on any atom is -0.508 e. The highest BCUT2D eigenvalue weighted by Crippen LogP contribution is 2.23. The summed E-state index contributed by atoms with van der Waals surface area (Å²) in [7, 11) is 0. The number of hydrogen-bond acceptors (Lipinski definition) is 3. The van der Waals surface area contributed by atoms with Crippen LogP contribution in [0.15, 0.2) is 18.2 Å². The Hall–Kier alpha value is -1.37. The fraction of sp³-hybridized carbons (Fsp3) is 0.364. The van der Waals surface area contributed by atoms with Crippen LogP contribution in [0.4, 0.5) is 8.78 Å². The summed E-state index contributed by atoms with van der Waals surface area (Å²) in [6.07, 6.45) is -2.66. The average molecular weight is 324 g/mol. The molecule has 0 saturated heterocycles. The number of halogens is 3. The van der Waals surface area contributed by atoms with E-state index < -0.39 is 18.9 Å². The van der Waals surface area contributed by atoms with E-state index in [-0.39, 0.29) is 23.6 Å². The van der Waals surface area contributed by atoms with Crippen molar-refractivity contribution in [1.82, 2.24) is 4.90 Å². The van der Waals surface area contributed by atoms with Gasteiger partial charge in [-0.3, -0.25) is 4.79 Å². The van der Waals surface area contributed by atoms with Crippen LogP contribution in [-0.4, -0.2) is 45.9 Å². The first-order valence-corrected chi connectivity index (χ1v) is 6.23. The third-order valence-electron chi connectivity index (χ3n) is 2.21. The monoisotopic (exact) mass is 323 g/mol. The van der Waals surface area contributed by atoms with Gasteiger partial charge in [0.2, 0.25) is 0 Å². The van der Waals surface area contributed by atoms with E-state index in [1.165, 1.54) is 6.07 Å². The Balaban J connectivity index is 2.97. The van der Waals surface area contributed by atoms with Crippen molar-refractivity contribution in [1.29, 1.82) is 0 Å². The Bertz CT molecular complexity index is 429. The molecule has 0 aliphatic heterocycles. The van der Waals surface area contributed by atoms with Crippen LogP contribution >= 0.6 is 15.9 Å². The zero-order valence-electron chi connectivity index (χ0n) is 9.31. The summed E-state index contributed by atoms with van der Waals surface area (Å²) in [4.78, 5) is 12.9. The number of phenols is 2. The standard InChI is InChI=1S/C11H12BrF2NO3/c12-3-4-15(6-10(13)14)11(18)8-5-7(16)1-2-9(8)17/h1-2,5,10,16-17H,3-4,6H2. The lowest BCUT2D eigenvalue weighted by atomic mass is 10.1. The van der Waals surface area contributed by atoms with Gasteiger partial charge in [0, 0.05) is 11.9 Å². The van der Waals surface area contributed by atoms with Crippen LogP contribution in [0, 0.1) is 0 Å². The van der Waals surface area contributed by atoms with Gasteiger partial charge in [0.15, 0.2) is 0 Å². The summed E-state index contributed by atoms with van der Waals surface area (Å²) in [6, 6.07) is 3.38. The van der Waals surface area contributed by atoms with E-state index in [1.54, 1.807) is 0 Å². The Morgan fingerprint density at radius 2 is 2.06 bits per heavy atom. The molecular weight excluding hydrogens is 312 g/mol. The zero-order chi connectivity index (χ0) is 13.7. The molecule has 100 valence electrons. The Morgan fingerprint density at radius 1 is 1.39 bits per heavy atom. The number of amides is 1. The number of carbonyl (C=O) groups is 1. The molecule has 0 unspecified atom stereocenters. The molecule has 0 bridgehead atoms. The summed E-state index contributed by atoms with van der Waals surface area (Å²) in [5.41, 5.74) is -0.198. The van der Waals surface area contributed by atoms with E-state index in [4.69, 9.17) is 0 Å². The Morgan fingerprint density at radius 3 is 2.61 bits per heavy atom. The van der Waals surface area contributed by atoms with Crippen molar-refractivity contribution in [3.63, 3.8) is 0 Å². The number of rotatable bonds is 5. The van der Waals surface area contributed by atoms with E-state index in [0.717, 1.165) is 17.0 Å². The van der Waals surface area contributed by atoms with Gasteiger partial charge in [-0.15, -0.1) is 0 Å². The van der Waals surface area contributed by atoms with Crippen molar-refractivity contribution in [3.8, 4) is 11.5 Å². The highest BCUT2D eigenvalue weighted by Gasteiger charge is 2.22. The summed E-state index contributed by atoms with van der Waals surface area (Å²) in [5.74, 6) is -1.32. The van der Waals surface area contributed by atoms with Gasteiger partial charge >= 0.3 is 0 Å². The third-order valence-corrected chi connectivity index (χ3v) is 2.57. The maximum Gasteiger partial charge on any atom is 0.257 e. The third kappa shape index (κ3) is 3.83. The minimum atomic E-state index is -2.66. The molecule has 2 N–H and O–H groups in total. The molecule has 0 fully saturated rings. The van der Waals surface area contributed by atoms with Crippen molar-refractivity contribution in [2.45, 2.75) is 6.43 Å². The lowest BCUT2D eigenvalue weighted by molar-refractivity contribution is 0.0569. The fourth-order valence-corrected chi connectivity index (χ4v) is 1.84. The number of nitrogens with zero attached hydrogens (tertiary/aromatic N) is 1. The summed E-state index contributed by atoms with van der Waals surface area (Å²) in [5, 5.41) is 19.1. The van der Waals surface area contributed by atoms with Crippen molar-refractivity contribution >= 4 is 21.8 Å². The molecule has 0 radical (unpaired) electrons. The smallest absolute Gasteiger partial charge is 0.257 e. The van der Waals surface area contributed by atoms with Crippen LogP contribution in [0.25, 0.3) is 0 Å². The highest BCUT2D eigenvalue weighted by molar-refractivity contribution is 9.09. The van der Waals surface area contributed by atoms with Gasteiger partial charge in [-0.1, -0.05) is 15.9 Å². The lowest BCUT2D eigenvalue weighted by Gasteiger charge is -2.21. The highest BCUT2D eigenvalue weighted by atomic mass is 79.9. The zero-order valence-corrected chi connectivity index (χ0v) is 10.9. The fourth-order valence-electron chi connectivity index (χ4n) is 1.41. The van der Waals surface area contributed by atoms with Gasteiger partial charge in [-0.05, 0) is 18.2 Å². The molecule has 0 aliphatic carbocycles. The molecule has 1 rings (SSSR count). The normalized spacial score (nSPS) is 10.7. The quantitative estimate of drug-likeness (QED) is 0.645. The van der Waals surface area contributed by atoms with Gasteiger partial charge in [-0.2, -0.15) is 0 Å². The van der Waals surface area contributed by atoms with Crippen LogP contribution in [0.2, 0.25) is 0 Å². The molecule has 1 amide bonds. The van der Waals surface area contributed by atoms with Gasteiger partial charge in [-0.25, -0.2) is 8.78 Å². The van der Waals surface area contributed by atoms with E-state index in [2.05, 4.69) is 15.9 Å². The SMILES string of the molecule is O=C(c1cc(O)ccc1O)N(CCBr)CC(F)F. The number of hydrogen-bond donors (Lipinski definition) is 2. The number of phenolic OH excluding ortho intramolecular Hbond substituents is 2. The predicted molar refractivity (Wildman–Crippen MR) is 65.5 cm³/mol. The maximum absolute atomic E-state index is 12.3. The van der Waals surface area contributed by atoms with Crippen molar-refractivity contribution in [2.24, 2.45) is 0 Å². The number of carbonyl (C=O) groups excluding carboxylic acids is 1. The lowest BCUT2D eigenvalue weighted by Crippen LogP contribution is -2.36. The summed E-state index contributed by atoms with van der Waals surface area (Å²) < 4.78 is 24.7. The van der Waals surface area contributed by atoms with Crippen molar-refractivity contribution in [2.75, 3.05) is 18.4 Å². The molecule has 0 saturated carbocycles. The molecule has 7 heteroatoms. The predicted octanol–water partition coefficient (Wildman–Crippen LogP) is 2.20. The molecule has 0 aliphatic rings. The topological polar surface area (TPSA) is 60.8 Å². The second-order valence-electron chi connectivity index (χ2n) is 3.53. The van der Waals surface area contributed by atoms with E-state index in [0.29, 0.717) is 5.33 Å². The van der Waals surface area contributed by atoms with Crippen molar-refractivity contribution < 1.29 is 23.8 Å². The van der Waals surface area contributed by atoms with Crippen LogP contribution in [-0.2, 0) is 0 Å². The number of benzene rings is 1. The molecule has 4 nitrogen and oxygen atoms in total. The Labute approximate surface area is 111 Å². The minimum absolute atomic E-state index is 0.0816. The van der Waals surface area contributed by atoms with Crippen LogP contribution in [0.1, 0.15) is 10.4 Å². The number of alkyl halides is 3. The van der Waals surface area contributed by atoms with E-state index in [1.807, 2.05) is 0 Å². The second-order valence-corrected chi connectivity index (χ2v) is 4.33. The molecular formula is C11H12BrF2NO3. The Kier molecular flexibility index (Phi) is 5.33. The van der Waals surface area contributed by atoms with Crippen LogP contribution in [0.3, 0.4) is 0 Å². The van der Waals surface area contributed by atoms with Gasteiger partial charge < -0.3 is 15.1 Å². The maximum atomic E-state index is 12.3. The van der Waals surface area contributed by atoms with E-state index >= 15 is 0 Å². The molecule has 1 aromatic carbocycles. The van der Waals surface area contributed by atoms with E-state index in [9.17, 15) is 23.8 Å². The molecule has 1 aromatic rings. The van der Waals surface area contributed by atoms with Crippen LogP contribution < -0.4 is 0 Å². The first-order valence-electron chi connectivity index (χ1n) is 5.11. The molecule has 0 heterocycles. The molecule has 18 heavy (non-hydrogen) atoms. The number of aromatic hydroxyl groups is 2. The summed E-state index contributed by atoms with van der Waals surface area (Å²) in [6.45, 7) is -0.641. The van der Waals surface area contributed by atoms with Crippen LogP contribution in [0.5, 0.6) is 11.5 Å². The van der Waals surface area contributed by atoms with Gasteiger partial charge in [0.1, 0.15) is 11.5 Å².